The van der Waals surface area contributed by atoms with Crippen molar-refractivity contribution in [3.05, 3.63) is 23.0 Å². The Morgan fingerprint density at radius 3 is 3.06 bits per heavy atom. The number of carbonyl (C=O) groups excluding carboxylic acids is 2. The van der Waals surface area contributed by atoms with E-state index in [4.69, 9.17) is 0 Å². The summed E-state index contributed by atoms with van der Waals surface area (Å²) in [5, 5.41) is 2.74. The third-order valence-electron chi connectivity index (χ3n) is 2.92. The minimum Gasteiger partial charge on any atom is -0.364 e. The highest BCUT2D eigenvalue weighted by atomic mass is 16.1. The Morgan fingerprint density at radius 2 is 2.31 bits per heavy atom. The normalized spacial score (nSPS) is 14.7. The van der Waals surface area contributed by atoms with E-state index < -0.39 is 0 Å². The Labute approximate surface area is 94.4 Å². The molecule has 1 aliphatic rings. The van der Waals surface area contributed by atoms with Gasteiger partial charge in [-0.25, -0.2) is 0 Å². The first kappa shape index (κ1) is 10.9. The van der Waals surface area contributed by atoms with Gasteiger partial charge in [0.1, 0.15) is 0 Å². The number of ketones is 1. The molecule has 4 heteroatoms. The lowest BCUT2D eigenvalue weighted by molar-refractivity contribution is -0.118. The van der Waals surface area contributed by atoms with Crippen molar-refractivity contribution in [3.8, 4) is 0 Å². The summed E-state index contributed by atoms with van der Waals surface area (Å²) in [6, 6.07) is 0. The highest BCUT2D eigenvalue weighted by Crippen LogP contribution is 2.23. The highest BCUT2D eigenvalue weighted by molar-refractivity contribution is 5.99. The number of amides is 1. The minimum atomic E-state index is -0.0317. The van der Waals surface area contributed by atoms with Crippen molar-refractivity contribution < 1.29 is 9.59 Å². The predicted octanol–water partition coefficient (Wildman–Crippen LogP) is 1.21. The molecule has 0 radical (unpaired) electrons. The molecule has 1 amide bonds. The SMILES string of the molecule is CC(=O)NCCc1c[nH]c2c1C(=O)CCC2. The fourth-order valence-electron chi connectivity index (χ4n) is 2.18. The molecule has 0 spiro atoms. The monoisotopic (exact) mass is 220 g/mol. The zero-order chi connectivity index (χ0) is 11.5. The minimum absolute atomic E-state index is 0.0317. The summed E-state index contributed by atoms with van der Waals surface area (Å²) in [5.41, 5.74) is 2.97. The Morgan fingerprint density at radius 1 is 1.50 bits per heavy atom. The fraction of sp³-hybridized carbons (Fsp3) is 0.500. The zero-order valence-corrected chi connectivity index (χ0v) is 9.43. The average molecular weight is 220 g/mol. The van der Waals surface area contributed by atoms with Crippen molar-refractivity contribution in [1.82, 2.24) is 10.3 Å². The molecule has 0 aromatic carbocycles. The molecule has 86 valence electrons. The van der Waals surface area contributed by atoms with E-state index in [1.165, 1.54) is 6.92 Å². The van der Waals surface area contributed by atoms with Crippen LogP contribution in [0.25, 0.3) is 0 Å². The highest BCUT2D eigenvalue weighted by Gasteiger charge is 2.21. The number of H-pyrrole nitrogens is 1. The third kappa shape index (κ3) is 2.15. The number of carbonyl (C=O) groups is 2. The zero-order valence-electron chi connectivity index (χ0n) is 9.43. The molecule has 4 nitrogen and oxygen atoms in total. The van der Waals surface area contributed by atoms with Gasteiger partial charge in [0, 0.05) is 37.3 Å². The number of hydrogen-bond donors (Lipinski definition) is 2. The Kier molecular flexibility index (Phi) is 3.08. The lowest BCUT2D eigenvalue weighted by Crippen LogP contribution is -2.23. The van der Waals surface area contributed by atoms with Crippen molar-refractivity contribution in [1.29, 1.82) is 0 Å². The molecule has 1 aromatic heterocycles. The van der Waals surface area contributed by atoms with Crippen LogP contribution in [0.3, 0.4) is 0 Å². The summed E-state index contributed by atoms with van der Waals surface area (Å²) in [7, 11) is 0. The van der Waals surface area contributed by atoms with Crippen LogP contribution in [-0.2, 0) is 17.6 Å². The van der Waals surface area contributed by atoms with Crippen LogP contribution >= 0.6 is 0 Å². The van der Waals surface area contributed by atoms with Gasteiger partial charge in [0.15, 0.2) is 5.78 Å². The van der Waals surface area contributed by atoms with E-state index in [1.54, 1.807) is 0 Å². The van der Waals surface area contributed by atoms with Crippen LogP contribution in [0.1, 0.15) is 41.4 Å². The van der Waals surface area contributed by atoms with Gasteiger partial charge in [-0.15, -0.1) is 0 Å². The van der Waals surface area contributed by atoms with Crippen LogP contribution in [0.15, 0.2) is 6.20 Å². The van der Waals surface area contributed by atoms with Gasteiger partial charge in [0.25, 0.3) is 0 Å². The first-order chi connectivity index (χ1) is 7.68. The number of hydrogen-bond acceptors (Lipinski definition) is 2. The molecule has 0 fully saturated rings. The topological polar surface area (TPSA) is 62.0 Å². The molecule has 0 atom stereocenters. The van der Waals surface area contributed by atoms with Crippen LogP contribution < -0.4 is 5.32 Å². The van der Waals surface area contributed by atoms with E-state index in [-0.39, 0.29) is 11.7 Å². The quantitative estimate of drug-likeness (QED) is 0.804. The summed E-state index contributed by atoms with van der Waals surface area (Å²) in [6.45, 7) is 2.09. The molecule has 1 heterocycles. The van der Waals surface area contributed by atoms with Gasteiger partial charge in [-0.1, -0.05) is 0 Å². The van der Waals surface area contributed by atoms with E-state index >= 15 is 0 Å². The van der Waals surface area contributed by atoms with Gasteiger partial charge in [-0.3, -0.25) is 9.59 Å². The number of fused-ring (bicyclic) bond motifs is 1. The van der Waals surface area contributed by atoms with E-state index in [2.05, 4.69) is 10.3 Å². The molecule has 2 rings (SSSR count). The van der Waals surface area contributed by atoms with Crippen molar-refractivity contribution in [2.24, 2.45) is 0 Å². The van der Waals surface area contributed by atoms with Crippen molar-refractivity contribution in [2.45, 2.75) is 32.6 Å². The van der Waals surface area contributed by atoms with E-state index in [0.717, 1.165) is 36.1 Å². The van der Waals surface area contributed by atoms with Gasteiger partial charge in [-0.05, 0) is 24.8 Å². The molecule has 0 saturated carbocycles. The number of Topliss-reactive ketones (excluding diaryl/α,β-unsaturated/α-hetero) is 1. The van der Waals surface area contributed by atoms with Crippen molar-refractivity contribution in [3.63, 3.8) is 0 Å². The largest absolute Gasteiger partial charge is 0.364 e. The fourth-order valence-corrected chi connectivity index (χ4v) is 2.18. The molecule has 1 aliphatic carbocycles. The van der Waals surface area contributed by atoms with Gasteiger partial charge in [0.05, 0.1) is 0 Å². The first-order valence-corrected chi connectivity index (χ1v) is 5.65. The molecule has 0 bridgehead atoms. The molecule has 1 aromatic rings. The third-order valence-corrected chi connectivity index (χ3v) is 2.92. The van der Waals surface area contributed by atoms with Crippen LogP contribution in [-0.4, -0.2) is 23.2 Å². The molecular weight excluding hydrogens is 204 g/mol. The Bertz CT molecular complexity index is 421. The molecule has 0 saturated heterocycles. The maximum absolute atomic E-state index is 11.8. The number of aryl methyl sites for hydroxylation is 1. The second-order valence-corrected chi connectivity index (χ2v) is 4.18. The van der Waals surface area contributed by atoms with Crippen molar-refractivity contribution in [2.75, 3.05) is 6.54 Å². The van der Waals surface area contributed by atoms with Gasteiger partial charge in [-0.2, -0.15) is 0 Å². The summed E-state index contributed by atoms with van der Waals surface area (Å²) in [6.07, 6.45) is 5.17. The van der Waals surface area contributed by atoms with Gasteiger partial charge >= 0.3 is 0 Å². The molecule has 16 heavy (non-hydrogen) atoms. The standard InChI is InChI=1S/C12H16N2O2/c1-8(15)13-6-5-9-7-14-10-3-2-4-11(16)12(9)10/h7,14H,2-6H2,1H3,(H,13,15). The van der Waals surface area contributed by atoms with Gasteiger partial charge in [0.2, 0.25) is 5.91 Å². The summed E-state index contributed by atoms with van der Waals surface area (Å²) in [5.74, 6) is 0.205. The molecular formula is C12H16N2O2. The Hall–Kier alpha value is -1.58. The molecule has 0 unspecified atom stereocenters. The lowest BCUT2D eigenvalue weighted by atomic mass is 9.93. The molecule has 2 N–H and O–H groups in total. The summed E-state index contributed by atoms with van der Waals surface area (Å²) >= 11 is 0. The van der Waals surface area contributed by atoms with Crippen molar-refractivity contribution >= 4 is 11.7 Å². The number of nitrogens with one attached hydrogen (secondary N) is 2. The second-order valence-electron chi connectivity index (χ2n) is 4.18. The Balaban J connectivity index is 2.07. The summed E-state index contributed by atoms with van der Waals surface area (Å²) in [4.78, 5) is 25.7. The van der Waals surface area contributed by atoms with E-state index in [1.807, 2.05) is 6.20 Å². The van der Waals surface area contributed by atoms with Gasteiger partial charge < -0.3 is 10.3 Å². The average Bonchev–Trinajstić information content (AvgIpc) is 2.62. The number of aromatic nitrogens is 1. The van der Waals surface area contributed by atoms with Crippen LogP contribution in [0.2, 0.25) is 0 Å². The van der Waals surface area contributed by atoms with Crippen LogP contribution in [0, 0.1) is 0 Å². The number of aromatic amines is 1. The molecule has 0 aliphatic heterocycles. The van der Waals surface area contributed by atoms with Crippen LogP contribution in [0.4, 0.5) is 0 Å². The van der Waals surface area contributed by atoms with E-state index in [9.17, 15) is 9.59 Å². The summed E-state index contributed by atoms with van der Waals surface area (Å²) < 4.78 is 0. The maximum Gasteiger partial charge on any atom is 0.216 e. The lowest BCUT2D eigenvalue weighted by Gasteiger charge is -2.11. The first-order valence-electron chi connectivity index (χ1n) is 5.65. The smallest absolute Gasteiger partial charge is 0.216 e. The maximum atomic E-state index is 11.8. The predicted molar refractivity (Wildman–Crippen MR) is 60.4 cm³/mol. The second kappa shape index (κ2) is 4.51. The van der Waals surface area contributed by atoms with E-state index in [0.29, 0.717) is 13.0 Å². The number of rotatable bonds is 3. The van der Waals surface area contributed by atoms with Crippen LogP contribution in [0.5, 0.6) is 0 Å².